The number of ether oxygens (including phenoxy) is 2. The number of nitrogens with one attached hydrogen (secondary N) is 2. The molecule has 0 spiro atoms. The Morgan fingerprint density at radius 2 is 1.88 bits per heavy atom. The number of hydrogen-bond acceptors (Lipinski definition) is 12. The van der Waals surface area contributed by atoms with Crippen LogP contribution in [-0.4, -0.2) is 113 Å². The Hall–Kier alpha value is -4.41. The maximum Gasteiger partial charge on any atom is 0.324 e. The summed E-state index contributed by atoms with van der Waals surface area (Å²) in [6.45, 7) is 17.3. The minimum absolute atomic E-state index is 0.140. The van der Waals surface area contributed by atoms with Gasteiger partial charge >= 0.3 is 5.97 Å². The topological polar surface area (TPSA) is 154 Å². The largest absolute Gasteiger partial charge is 0.464 e. The molecule has 3 aliphatic heterocycles. The van der Waals surface area contributed by atoms with Gasteiger partial charge in [-0.15, -0.1) is 11.3 Å². The van der Waals surface area contributed by atoms with Gasteiger partial charge in [-0.1, -0.05) is 33.8 Å². The number of methoxy groups -OCH3 is 1. The second-order valence-electron chi connectivity index (χ2n) is 18.1. The Bertz CT molecular complexity index is 2260. The van der Waals surface area contributed by atoms with E-state index in [-0.39, 0.29) is 36.4 Å². The summed E-state index contributed by atoms with van der Waals surface area (Å²) in [7, 11) is 3.87. The Balaban J connectivity index is 1.27. The number of likely N-dealkylation sites (N-methyl/N-ethyl adjacent to an activating group) is 1. The highest BCUT2D eigenvalue weighted by molar-refractivity contribution is 7.10. The summed E-state index contributed by atoms with van der Waals surface area (Å²) in [6, 6.07) is 6.52. The van der Waals surface area contributed by atoms with E-state index in [1.54, 1.807) is 7.11 Å². The number of nitrogens with zero attached hydrogens (tertiary/aromatic N) is 6. The van der Waals surface area contributed by atoms with Crippen molar-refractivity contribution in [2.45, 2.75) is 91.6 Å². The van der Waals surface area contributed by atoms with Crippen molar-refractivity contribution in [1.29, 1.82) is 0 Å². The van der Waals surface area contributed by atoms with Gasteiger partial charge in [-0.3, -0.25) is 24.4 Å². The molecule has 3 fully saturated rings. The van der Waals surface area contributed by atoms with E-state index in [9.17, 15) is 19.5 Å². The molecule has 0 unspecified atom stereocenters. The number of fused-ring (bicyclic) bond motifs is 6. The third kappa shape index (κ3) is 8.06. The molecule has 1 saturated carbocycles. The van der Waals surface area contributed by atoms with Gasteiger partial charge in [-0.05, 0) is 75.8 Å². The summed E-state index contributed by atoms with van der Waals surface area (Å²) in [5, 5.41) is 19.4. The monoisotopic (exact) mass is 840 g/mol. The zero-order valence-electron chi connectivity index (χ0n) is 36.2. The molecule has 4 aromatic rings. The van der Waals surface area contributed by atoms with Crippen molar-refractivity contribution in [3.63, 3.8) is 0 Å². The number of hydrazine groups is 1. The number of hydrogen-bond donors (Lipinski definition) is 3. The SMILES string of the molecule is CCn1c(-c2cc(N3CCN(C)CC3)cnc2[C@H](C)OC)c2c3cc(ccc31)-c1csc(n1)[C@@H](O)[C@H](NC(=O)[C@H]1[C@H](C)[C@@H]1C)C(=O)N1CCC[C@H](N1)C(=O)OCC(C)(C)C2. The van der Waals surface area contributed by atoms with Crippen LogP contribution in [-0.2, 0) is 36.8 Å². The van der Waals surface area contributed by atoms with E-state index in [0.29, 0.717) is 43.1 Å². The van der Waals surface area contributed by atoms with Crippen LogP contribution < -0.4 is 15.6 Å². The summed E-state index contributed by atoms with van der Waals surface area (Å²) in [5.74, 6) is -1.15. The molecule has 6 bridgehead atoms. The van der Waals surface area contributed by atoms with Crippen molar-refractivity contribution in [1.82, 2.24) is 35.2 Å². The van der Waals surface area contributed by atoms with Crippen molar-refractivity contribution < 1.29 is 29.0 Å². The van der Waals surface area contributed by atoms with E-state index in [2.05, 4.69) is 71.1 Å². The third-order valence-electron chi connectivity index (χ3n) is 13.3. The molecule has 3 N–H and O–H groups in total. The molecule has 322 valence electrons. The van der Waals surface area contributed by atoms with Crippen molar-refractivity contribution in [3.8, 4) is 22.5 Å². The number of esters is 1. The Morgan fingerprint density at radius 1 is 1.13 bits per heavy atom. The number of anilines is 1. The first-order valence-corrected chi connectivity index (χ1v) is 22.4. The van der Waals surface area contributed by atoms with Crippen LogP contribution in [0.5, 0.6) is 0 Å². The summed E-state index contributed by atoms with van der Waals surface area (Å²) < 4.78 is 14.4. The molecule has 14 nitrogen and oxygen atoms in total. The number of thiazole rings is 1. The first kappa shape index (κ1) is 42.3. The minimum atomic E-state index is -1.42. The Labute approximate surface area is 356 Å². The molecule has 2 amide bonds. The number of rotatable bonds is 7. The molecule has 2 saturated heterocycles. The van der Waals surface area contributed by atoms with E-state index in [4.69, 9.17) is 19.4 Å². The lowest BCUT2D eigenvalue weighted by Crippen LogP contribution is -2.61. The lowest BCUT2D eigenvalue weighted by Gasteiger charge is -2.36. The molecule has 6 heterocycles. The average Bonchev–Trinajstić information content (AvgIpc) is 3.54. The number of aromatic nitrogens is 3. The lowest BCUT2D eigenvalue weighted by molar-refractivity contribution is -0.156. The number of carbonyl (C=O) groups excluding carboxylic acids is 3. The van der Waals surface area contributed by atoms with Crippen molar-refractivity contribution in [2.75, 3.05) is 58.4 Å². The van der Waals surface area contributed by atoms with Crippen LogP contribution in [0.1, 0.15) is 82.9 Å². The number of pyridine rings is 1. The number of aliphatic hydroxyl groups is 1. The zero-order chi connectivity index (χ0) is 42.6. The van der Waals surface area contributed by atoms with Crippen LogP contribution in [0.15, 0.2) is 35.8 Å². The predicted molar refractivity (Wildman–Crippen MR) is 232 cm³/mol. The Morgan fingerprint density at radius 3 is 2.58 bits per heavy atom. The van der Waals surface area contributed by atoms with Crippen LogP contribution in [0.25, 0.3) is 33.4 Å². The fourth-order valence-electron chi connectivity index (χ4n) is 9.27. The van der Waals surface area contributed by atoms with Gasteiger partial charge in [0.25, 0.3) is 5.91 Å². The molecular weight excluding hydrogens is 781 g/mol. The molecule has 1 aliphatic carbocycles. The fourth-order valence-corrected chi connectivity index (χ4v) is 10.1. The molecule has 1 aromatic carbocycles. The quantitative estimate of drug-likeness (QED) is 0.207. The van der Waals surface area contributed by atoms with Crippen molar-refractivity contribution in [3.05, 3.63) is 52.1 Å². The lowest BCUT2D eigenvalue weighted by atomic mass is 9.84. The van der Waals surface area contributed by atoms with Gasteiger partial charge in [-0.2, -0.15) is 0 Å². The number of piperazine rings is 1. The number of aryl methyl sites for hydroxylation is 1. The van der Waals surface area contributed by atoms with E-state index in [1.807, 2.05) is 38.4 Å². The molecular formula is C45H60N8O6S. The van der Waals surface area contributed by atoms with Gasteiger partial charge < -0.3 is 34.3 Å². The number of cyclic esters (lactones) is 1. The van der Waals surface area contributed by atoms with E-state index in [0.717, 1.165) is 70.8 Å². The van der Waals surface area contributed by atoms with Crippen molar-refractivity contribution in [2.24, 2.45) is 23.2 Å². The molecule has 8 rings (SSSR count). The van der Waals surface area contributed by atoms with E-state index < -0.39 is 35.5 Å². The average molecular weight is 841 g/mol. The number of aliphatic hydroxyl groups excluding tert-OH is 1. The summed E-state index contributed by atoms with van der Waals surface area (Å²) in [6.07, 6.45) is 1.86. The molecule has 15 heteroatoms. The number of benzene rings is 1. The highest BCUT2D eigenvalue weighted by atomic mass is 32.1. The van der Waals surface area contributed by atoms with Crippen molar-refractivity contribution >= 4 is 45.7 Å². The van der Waals surface area contributed by atoms with E-state index in [1.165, 1.54) is 16.3 Å². The van der Waals surface area contributed by atoms with E-state index >= 15 is 0 Å². The molecule has 7 atom stereocenters. The zero-order valence-corrected chi connectivity index (χ0v) is 37.0. The second-order valence-corrected chi connectivity index (χ2v) is 19.0. The molecule has 4 aliphatic rings. The van der Waals surface area contributed by atoms with Crippen LogP contribution in [0.3, 0.4) is 0 Å². The predicted octanol–water partition coefficient (Wildman–Crippen LogP) is 5.35. The number of amides is 2. The minimum Gasteiger partial charge on any atom is -0.464 e. The maximum atomic E-state index is 14.3. The van der Waals surface area contributed by atoms with Crippen LogP contribution in [0.2, 0.25) is 0 Å². The molecule has 60 heavy (non-hydrogen) atoms. The van der Waals surface area contributed by atoms with Gasteiger partial charge in [0.05, 0.1) is 41.7 Å². The second kappa shape index (κ2) is 16.8. The first-order valence-electron chi connectivity index (χ1n) is 21.5. The highest BCUT2D eigenvalue weighted by Crippen LogP contribution is 2.46. The number of carbonyl (C=O) groups is 3. The smallest absolute Gasteiger partial charge is 0.324 e. The third-order valence-corrected chi connectivity index (χ3v) is 14.2. The summed E-state index contributed by atoms with van der Waals surface area (Å²) in [5.41, 5.74) is 10.2. The fraction of sp³-hybridized carbons (Fsp3) is 0.578. The highest BCUT2D eigenvalue weighted by Gasteiger charge is 2.50. The van der Waals surface area contributed by atoms with Gasteiger partial charge in [0.15, 0.2) is 0 Å². The van der Waals surface area contributed by atoms with Gasteiger partial charge in [-0.25, -0.2) is 10.4 Å². The molecule has 0 radical (unpaired) electrons. The molecule has 3 aromatic heterocycles. The normalized spacial score (nSPS) is 26.8. The van der Waals surface area contributed by atoms with Gasteiger partial charge in [0.1, 0.15) is 23.2 Å². The van der Waals surface area contributed by atoms with Gasteiger partial charge in [0.2, 0.25) is 5.91 Å². The Kier molecular flexibility index (Phi) is 11.8. The summed E-state index contributed by atoms with van der Waals surface area (Å²) in [4.78, 5) is 56.4. The van der Waals surface area contributed by atoms with Gasteiger partial charge in [0, 0.05) is 85.1 Å². The van der Waals surface area contributed by atoms with Crippen LogP contribution in [0.4, 0.5) is 5.69 Å². The standard InChI is InChI=1S/C45H60N8O6S/c1-9-52-35-13-12-28-19-30(35)32(39(52)31-20-29(22-46-37(31)27(4)58-8)51-17-15-50(7)16-18-51)21-45(5,6)24-59-44(57)33-11-10-14-53(49-33)43(56)38(40(54)42-47-34(28)23-60-42)48-41(55)36-25(2)26(36)3/h12-13,19-20,22-23,25-27,33,36,38,40,49,54H,9-11,14-18,21,24H2,1-8H3,(H,48,55)/t25-,26+,27-,33-,36+,38-,40-/m0/s1. The van der Waals surface area contributed by atoms with Crippen LogP contribution in [0, 0.1) is 23.2 Å². The maximum absolute atomic E-state index is 14.3. The van der Waals surface area contributed by atoms with Crippen LogP contribution >= 0.6 is 11.3 Å². The first-order chi connectivity index (χ1) is 28.7. The summed E-state index contributed by atoms with van der Waals surface area (Å²) >= 11 is 1.25.